The first-order valence-electron chi connectivity index (χ1n) is 6.87. The Balaban J connectivity index is 3.22. The topological polar surface area (TPSA) is 30.7 Å². The van der Waals surface area contributed by atoms with Gasteiger partial charge in [0, 0.05) is 12.5 Å². The first kappa shape index (κ1) is 16.7. The molecule has 1 atom stereocenters. The lowest BCUT2D eigenvalue weighted by molar-refractivity contribution is -0.142. The summed E-state index contributed by atoms with van der Waals surface area (Å²) in [5.41, 5.74) is 0. The van der Waals surface area contributed by atoms with E-state index in [1.807, 2.05) is 6.92 Å². The van der Waals surface area contributed by atoms with Gasteiger partial charge in [-0.1, -0.05) is 32.3 Å². The molecule has 0 bridgehead atoms. The fraction of sp³-hybridized carbons (Fsp3) is 0.733. The summed E-state index contributed by atoms with van der Waals surface area (Å²) in [6.07, 6.45) is 10.4. The Morgan fingerprint density at radius 3 is 2.33 bits per heavy atom. The van der Waals surface area contributed by atoms with E-state index in [1.165, 1.54) is 38.2 Å². The van der Waals surface area contributed by atoms with Gasteiger partial charge in [0.2, 0.25) is 6.54 Å². The second-order valence-corrected chi connectivity index (χ2v) is 4.60. The second kappa shape index (κ2) is 12.2. The molecule has 18 heavy (non-hydrogen) atoms. The molecule has 0 rings (SSSR count). The van der Waals surface area contributed by atoms with E-state index in [0.29, 0.717) is 6.54 Å². The number of carbonyl (C=O) groups is 1. The number of esters is 1. The molecular formula is C15H25NO2. The predicted octanol–water partition coefficient (Wildman–Crippen LogP) is 4.14. The van der Waals surface area contributed by atoms with Gasteiger partial charge >= 0.3 is 5.97 Å². The average Bonchev–Trinajstić information content (AvgIpc) is 2.36. The van der Waals surface area contributed by atoms with Gasteiger partial charge in [-0.05, 0) is 26.2 Å². The first-order chi connectivity index (χ1) is 8.70. The Hall–Kier alpha value is -1.30. The van der Waals surface area contributed by atoms with Gasteiger partial charge in [0.25, 0.3) is 0 Å². The minimum absolute atomic E-state index is 0.00540. The summed E-state index contributed by atoms with van der Waals surface area (Å²) in [7, 11) is 0. The minimum Gasteiger partial charge on any atom is -0.460 e. The number of ether oxygens (including phenoxy) is 1. The summed E-state index contributed by atoms with van der Waals surface area (Å²) in [5, 5.41) is 0. The molecule has 0 saturated heterocycles. The molecule has 0 saturated carbocycles. The number of carbonyl (C=O) groups excluding carboxylic acids is 1. The molecule has 0 radical (unpaired) electrons. The Labute approximate surface area is 111 Å². The van der Waals surface area contributed by atoms with Crippen LogP contribution in [0.3, 0.4) is 0 Å². The van der Waals surface area contributed by atoms with Crippen LogP contribution in [0, 0.1) is 6.57 Å². The van der Waals surface area contributed by atoms with Crippen LogP contribution in [0.25, 0.3) is 4.85 Å². The minimum atomic E-state index is -0.331. The quantitative estimate of drug-likeness (QED) is 0.239. The van der Waals surface area contributed by atoms with Crippen molar-refractivity contribution < 1.29 is 9.53 Å². The van der Waals surface area contributed by atoms with Gasteiger partial charge < -0.3 is 9.58 Å². The number of unbranched alkanes of at least 4 members (excludes halogenated alkanes) is 6. The largest absolute Gasteiger partial charge is 0.460 e. The molecule has 102 valence electrons. The highest BCUT2D eigenvalue weighted by molar-refractivity contribution is 5.81. The van der Waals surface area contributed by atoms with E-state index in [-0.39, 0.29) is 12.1 Å². The van der Waals surface area contributed by atoms with Crippen molar-refractivity contribution >= 4 is 5.97 Å². The van der Waals surface area contributed by atoms with Crippen molar-refractivity contribution in [1.29, 1.82) is 0 Å². The highest BCUT2D eigenvalue weighted by Gasteiger charge is 2.05. The van der Waals surface area contributed by atoms with Crippen LogP contribution in [-0.2, 0) is 9.53 Å². The average molecular weight is 251 g/mol. The number of hydrogen-bond acceptors (Lipinski definition) is 2. The molecule has 0 N–H and O–H groups in total. The van der Waals surface area contributed by atoms with E-state index in [2.05, 4.69) is 11.4 Å². The highest BCUT2D eigenvalue weighted by Crippen LogP contribution is 2.11. The number of nitrogens with zero attached hydrogens (tertiary/aromatic N) is 1. The maximum absolute atomic E-state index is 10.9. The fourth-order valence-electron chi connectivity index (χ4n) is 1.81. The zero-order valence-electron chi connectivity index (χ0n) is 11.5. The molecule has 1 unspecified atom stereocenters. The molecule has 0 fully saturated rings. The third kappa shape index (κ3) is 11.2. The lowest BCUT2D eigenvalue weighted by atomic mass is 10.1. The van der Waals surface area contributed by atoms with E-state index in [9.17, 15) is 4.79 Å². The summed E-state index contributed by atoms with van der Waals surface area (Å²) in [6, 6.07) is 0. The smallest absolute Gasteiger partial charge is 0.330 e. The van der Waals surface area contributed by atoms with Gasteiger partial charge in [0.15, 0.2) is 0 Å². The van der Waals surface area contributed by atoms with Gasteiger partial charge in [0.1, 0.15) is 0 Å². The maximum Gasteiger partial charge on any atom is 0.330 e. The highest BCUT2D eigenvalue weighted by atomic mass is 16.5. The van der Waals surface area contributed by atoms with Gasteiger partial charge in [-0.2, -0.15) is 0 Å². The Morgan fingerprint density at radius 1 is 1.22 bits per heavy atom. The molecule has 0 aliphatic rings. The van der Waals surface area contributed by atoms with Crippen LogP contribution in [0.4, 0.5) is 0 Å². The number of hydrogen-bond donors (Lipinski definition) is 0. The standard InChI is InChI=1S/C15H25NO2/c1-4-15(17)18-14(2)12-10-8-6-5-7-9-11-13-16-3/h4,14H,1,5-13H2,2H3. The monoisotopic (exact) mass is 251 g/mol. The van der Waals surface area contributed by atoms with Gasteiger partial charge in [-0.25, -0.2) is 11.4 Å². The molecule has 0 spiro atoms. The third-order valence-electron chi connectivity index (χ3n) is 2.86. The lowest BCUT2D eigenvalue weighted by Gasteiger charge is -2.11. The van der Waals surface area contributed by atoms with Crippen molar-refractivity contribution in [2.45, 2.75) is 64.4 Å². The Bertz CT molecular complexity index is 268. The van der Waals surface area contributed by atoms with Crippen molar-refractivity contribution in [1.82, 2.24) is 0 Å². The Morgan fingerprint density at radius 2 is 1.78 bits per heavy atom. The molecule has 0 amide bonds. The summed E-state index contributed by atoms with van der Waals surface area (Å²) >= 11 is 0. The summed E-state index contributed by atoms with van der Waals surface area (Å²) in [4.78, 5) is 14.3. The lowest BCUT2D eigenvalue weighted by Crippen LogP contribution is -2.12. The van der Waals surface area contributed by atoms with E-state index < -0.39 is 0 Å². The molecule has 0 aliphatic heterocycles. The van der Waals surface area contributed by atoms with Crippen LogP contribution >= 0.6 is 0 Å². The van der Waals surface area contributed by atoms with Crippen molar-refractivity contribution in [2.24, 2.45) is 0 Å². The number of rotatable bonds is 11. The molecule has 0 aromatic rings. The van der Waals surface area contributed by atoms with Gasteiger partial charge in [0.05, 0.1) is 6.10 Å². The molecule has 3 heteroatoms. The first-order valence-corrected chi connectivity index (χ1v) is 6.87. The zero-order chi connectivity index (χ0) is 13.6. The second-order valence-electron chi connectivity index (χ2n) is 4.60. The molecule has 0 heterocycles. The molecule has 0 aliphatic carbocycles. The van der Waals surface area contributed by atoms with Crippen LogP contribution in [-0.4, -0.2) is 18.6 Å². The van der Waals surface area contributed by atoms with Gasteiger partial charge in [-0.15, -0.1) is 0 Å². The van der Waals surface area contributed by atoms with Crippen molar-refractivity contribution in [3.8, 4) is 0 Å². The van der Waals surface area contributed by atoms with E-state index in [0.717, 1.165) is 19.3 Å². The van der Waals surface area contributed by atoms with E-state index in [1.54, 1.807) is 0 Å². The van der Waals surface area contributed by atoms with Crippen LogP contribution < -0.4 is 0 Å². The molecule has 0 aromatic carbocycles. The third-order valence-corrected chi connectivity index (χ3v) is 2.86. The normalized spacial score (nSPS) is 11.6. The van der Waals surface area contributed by atoms with Crippen molar-refractivity contribution in [2.75, 3.05) is 6.54 Å². The van der Waals surface area contributed by atoms with Crippen LogP contribution in [0.15, 0.2) is 12.7 Å². The van der Waals surface area contributed by atoms with Crippen molar-refractivity contribution in [3.63, 3.8) is 0 Å². The maximum atomic E-state index is 10.9. The van der Waals surface area contributed by atoms with Crippen LogP contribution in [0.5, 0.6) is 0 Å². The SMILES string of the molecule is [C-]#[N+]CCCCCCCCCC(C)OC(=O)C=C. The van der Waals surface area contributed by atoms with E-state index >= 15 is 0 Å². The Kier molecular flexibility index (Phi) is 11.3. The van der Waals surface area contributed by atoms with E-state index in [4.69, 9.17) is 11.3 Å². The fourth-order valence-corrected chi connectivity index (χ4v) is 1.81. The zero-order valence-corrected chi connectivity index (χ0v) is 11.5. The van der Waals surface area contributed by atoms with Crippen molar-refractivity contribution in [3.05, 3.63) is 24.1 Å². The summed E-state index contributed by atoms with van der Waals surface area (Å²) in [5.74, 6) is -0.331. The van der Waals surface area contributed by atoms with Gasteiger partial charge in [-0.3, -0.25) is 0 Å². The summed E-state index contributed by atoms with van der Waals surface area (Å²) < 4.78 is 5.09. The predicted molar refractivity (Wildman–Crippen MR) is 74.2 cm³/mol. The van der Waals surface area contributed by atoms with Crippen LogP contribution in [0.2, 0.25) is 0 Å². The van der Waals surface area contributed by atoms with Crippen LogP contribution in [0.1, 0.15) is 58.3 Å². The molecule has 0 aromatic heterocycles. The molecular weight excluding hydrogens is 226 g/mol. The molecule has 3 nitrogen and oxygen atoms in total. The summed E-state index contributed by atoms with van der Waals surface area (Å²) in [6.45, 7) is 12.6.